The van der Waals surface area contributed by atoms with Gasteiger partial charge in [-0.05, 0) is 59.5 Å². The molecule has 0 amide bonds. The van der Waals surface area contributed by atoms with Gasteiger partial charge in [0.15, 0.2) is 0 Å². The topological polar surface area (TPSA) is 27.1 Å². The molecule has 3 aromatic carbocycles. The van der Waals surface area contributed by atoms with Gasteiger partial charge >= 0.3 is 0 Å². The van der Waals surface area contributed by atoms with Crippen molar-refractivity contribution in [2.24, 2.45) is 0 Å². The van der Waals surface area contributed by atoms with Gasteiger partial charge in [0.2, 0.25) is 0 Å². The first kappa shape index (κ1) is 17.1. The summed E-state index contributed by atoms with van der Waals surface area (Å²) in [4.78, 5) is 4.57. The quantitative estimate of drug-likeness (QED) is 0.426. The largest absolute Gasteiger partial charge is 0.497 e. The third-order valence-corrected chi connectivity index (χ3v) is 4.78. The highest BCUT2D eigenvalue weighted by Crippen LogP contribution is 2.22. The first-order chi connectivity index (χ1) is 13.3. The molecule has 0 radical (unpaired) electrons. The number of hydrogen-bond donors (Lipinski definition) is 0. The van der Waals surface area contributed by atoms with E-state index in [2.05, 4.69) is 71.1 Å². The van der Waals surface area contributed by atoms with Gasteiger partial charge in [0, 0.05) is 5.69 Å². The molecule has 0 atom stereocenters. The zero-order valence-corrected chi connectivity index (χ0v) is 15.6. The van der Waals surface area contributed by atoms with Crippen LogP contribution < -0.4 is 4.74 Å². The molecule has 0 aliphatic rings. The number of benzene rings is 3. The van der Waals surface area contributed by atoms with Crippen molar-refractivity contribution in [2.75, 3.05) is 7.11 Å². The molecule has 0 aliphatic heterocycles. The van der Waals surface area contributed by atoms with E-state index in [4.69, 9.17) is 4.74 Å². The monoisotopic (exact) mass is 354 g/mol. The van der Waals surface area contributed by atoms with Gasteiger partial charge < -0.3 is 4.74 Å². The molecule has 0 saturated heterocycles. The first-order valence-corrected chi connectivity index (χ1v) is 9.15. The van der Waals surface area contributed by atoms with Crippen LogP contribution in [0.2, 0.25) is 0 Å². The van der Waals surface area contributed by atoms with Gasteiger partial charge in [0.05, 0.1) is 18.1 Å². The molecule has 0 spiro atoms. The minimum Gasteiger partial charge on any atom is -0.497 e. The average molecular weight is 354 g/mol. The Kier molecular flexibility index (Phi) is 4.75. The van der Waals surface area contributed by atoms with Crippen molar-refractivity contribution >= 4 is 23.2 Å². The van der Waals surface area contributed by atoms with Crippen molar-refractivity contribution in [3.8, 4) is 11.4 Å². The Morgan fingerprint density at radius 1 is 0.889 bits per heavy atom. The smallest absolute Gasteiger partial charge is 0.119 e. The van der Waals surface area contributed by atoms with Gasteiger partial charge in [-0.1, -0.05) is 49.4 Å². The van der Waals surface area contributed by atoms with E-state index >= 15 is 0 Å². The molecule has 1 heterocycles. The van der Waals surface area contributed by atoms with Crippen LogP contribution in [0.25, 0.3) is 28.9 Å². The van der Waals surface area contributed by atoms with Crippen LogP contribution in [-0.2, 0) is 6.42 Å². The predicted octanol–water partition coefficient (Wildman–Crippen LogP) is 5.77. The minimum atomic E-state index is 0.850. The van der Waals surface area contributed by atoms with Crippen LogP contribution in [-0.4, -0.2) is 16.7 Å². The molecular formula is C24H22N2O. The third-order valence-electron chi connectivity index (χ3n) is 4.78. The van der Waals surface area contributed by atoms with E-state index in [1.54, 1.807) is 7.11 Å². The molecule has 27 heavy (non-hydrogen) atoms. The third kappa shape index (κ3) is 3.63. The lowest BCUT2D eigenvalue weighted by Gasteiger charge is -2.06. The molecule has 3 nitrogen and oxygen atoms in total. The molecule has 4 rings (SSSR count). The van der Waals surface area contributed by atoms with Crippen molar-refractivity contribution in [3.05, 3.63) is 89.7 Å². The van der Waals surface area contributed by atoms with Crippen molar-refractivity contribution in [2.45, 2.75) is 13.3 Å². The summed E-state index contributed by atoms with van der Waals surface area (Å²) in [7, 11) is 1.68. The maximum absolute atomic E-state index is 5.23. The van der Waals surface area contributed by atoms with Gasteiger partial charge in [-0.3, -0.25) is 4.57 Å². The van der Waals surface area contributed by atoms with E-state index in [1.165, 1.54) is 11.1 Å². The van der Waals surface area contributed by atoms with Gasteiger partial charge in [-0.25, -0.2) is 4.98 Å². The van der Waals surface area contributed by atoms with Gasteiger partial charge in [0.1, 0.15) is 12.1 Å². The van der Waals surface area contributed by atoms with Crippen LogP contribution in [0.15, 0.2) is 73.1 Å². The molecule has 134 valence electrons. The van der Waals surface area contributed by atoms with E-state index in [1.807, 2.05) is 30.6 Å². The lowest BCUT2D eigenvalue weighted by Crippen LogP contribution is -1.92. The lowest BCUT2D eigenvalue weighted by atomic mass is 10.1. The Morgan fingerprint density at radius 3 is 2.30 bits per heavy atom. The molecule has 3 heteroatoms. The van der Waals surface area contributed by atoms with Crippen molar-refractivity contribution in [1.29, 1.82) is 0 Å². The molecule has 1 aromatic heterocycles. The zero-order chi connectivity index (χ0) is 18.6. The van der Waals surface area contributed by atoms with E-state index in [9.17, 15) is 0 Å². The number of rotatable bonds is 5. The number of imidazole rings is 1. The summed E-state index contributed by atoms with van der Waals surface area (Å²) in [6, 6.07) is 23.0. The summed E-state index contributed by atoms with van der Waals surface area (Å²) in [5.74, 6) is 0.850. The second-order valence-corrected chi connectivity index (χ2v) is 6.49. The van der Waals surface area contributed by atoms with Crippen molar-refractivity contribution in [1.82, 2.24) is 9.55 Å². The van der Waals surface area contributed by atoms with E-state index in [-0.39, 0.29) is 0 Å². The van der Waals surface area contributed by atoms with Crippen LogP contribution in [0, 0.1) is 0 Å². The Labute approximate surface area is 159 Å². The number of nitrogens with zero attached hydrogens (tertiary/aromatic N) is 2. The maximum Gasteiger partial charge on any atom is 0.119 e. The highest BCUT2D eigenvalue weighted by molar-refractivity contribution is 5.82. The Morgan fingerprint density at radius 2 is 1.59 bits per heavy atom. The molecule has 0 bridgehead atoms. The predicted molar refractivity (Wildman–Crippen MR) is 112 cm³/mol. The van der Waals surface area contributed by atoms with Gasteiger partial charge in [-0.15, -0.1) is 0 Å². The van der Waals surface area contributed by atoms with Crippen LogP contribution in [0.5, 0.6) is 5.75 Å². The molecule has 0 unspecified atom stereocenters. The fourth-order valence-corrected chi connectivity index (χ4v) is 3.14. The molecule has 0 saturated carbocycles. The van der Waals surface area contributed by atoms with Gasteiger partial charge in [0.25, 0.3) is 0 Å². The summed E-state index contributed by atoms with van der Waals surface area (Å²) >= 11 is 0. The number of methoxy groups -OCH3 is 1. The van der Waals surface area contributed by atoms with Crippen LogP contribution in [0.4, 0.5) is 0 Å². The number of ether oxygens (including phenoxy) is 1. The van der Waals surface area contributed by atoms with Crippen molar-refractivity contribution < 1.29 is 4.74 Å². The van der Waals surface area contributed by atoms with Gasteiger partial charge in [-0.2, -0.15) is 0 Å². The Balaban J connectivity index is 1.60. The summed E-state index contributed by atoms with van der Waals surface area (Å²) in [5.41, 5.74) is 6.84. The van der Waals surface area contributed by atoms with Crippen LogP contribution in [0.1, 0.15) is 23.6 Å². The number of aromatic nitrogens is 2. The molecule has 0 aliphatic carbocycles. The number of fused-ring (bicyclic) bond motifs is 1. The fourth-order valence-electron chi connectivity index (χ4n) is 3.14. The average Bonchev–Trinajstić information content (AvgIpc) is 3.16. The van der Waals surface area contributed by atoms with E-state index in [0.717, 1.165) is 34.5 Å². The molecule has 0 N–H and O–H groups in total. The summed E-state index contributed by atoms with van der Waals surface area (Å²) < 4.78 is 7.32. The SMILES string of the molecule is CCc1ccc(/C=C/c2ccc3c(c2)ncn3-c2ccc(OC)cc2)cc1. The minimum absolute atomic E-state index is 0.850. The molecular weight excluding hydrogens is 332 g/mol. The van der Waals surface area contributed by atoms with E-state index < -0.39 is 0 Å². The number of hydrogen-bond acceptors (Lipinski definition) is 2. The molecule has 0 fully saturated rings. The highest BCUT2D eigenvalue weighted by Gasteiger charge is 2.05. The Bertz CT molecular complexity index is 1070. The summed E-state index contributed by atoms with van der Waals surface area (Å²) in [6.07, 6.45) is 7.20. The maximum atomic E-state index is 5.23. The first-order valence-electron chi connectivity index (χ1n) is 9.15. The fraction of sp³-hybridized carbons (Fsp3) is 0.125. The van der Waals surface area contributed by atoms with E-state index in [0.29, 0.717) is 0 Å². The zero-order valence-electron chi connectivity index (χ0n) is 15.6. The van der Waals surface area contributed by atoms with Crippen LogP contribution in [0.3, 0.4) is 0 Å². The second kappa shape index (κ2) is 7.50. The molecule has 4 aromatic rings. The standard InChI is InChI=1S/C24H22N2O/c1-3-18-4-6-19(7-5-18)8-9-20-10-15-24-23(16-20)25-17-26(24)21-11-13-22(27-2)14-12-21/h4-17H,3H2,1-2H3/b9-8+. The number of aryl methyl sites for hydroxylation is 1. The van der Waals surface area contributed by atoms with Crippen molar-refractivity contribution in [3.63, 3.8) is 0 Å². The Hall–Kier alpha value is -3.33. The highest BCUT2D eigenvalue weighted by atomic mass is 16.5. The summed E-state index contributed by atoms with van der Waals surface area (Å²) in [6.45, 7) is 2.17. The normalized spacial score (nSPS) is 11.3. The summed E-state index contributed by atoms with van der Waals surface area (Å²) in [5, 5.41) is 0. The second-order valence-electron chi connectivity index (χ2n) is 6.49. The van der Waals surface area contributed by atoms with Crippen LogP contribution >= 0.6 is 0 Å². The lowest BCUT2D eigenvalue weighted by molar-refractivity contribution is 0.415.